The van der Waals surface area contributed by atoms with Gasteiger partial charge in [-0.2, -0.15) is 0 Å². The van der Waals surface area contributed by atoms with Crippen LogP contribution in [0.1, 0.15) is 32.6 Å². The van der Waals surface area contributed by atoms with Crippen LogP contribution in [0, 0.1) is 17.8 Å². The summed E-state index contributed by atoms with van der Waals surface area (Å²) in [6, 6.07) is 0. The third-order valence-corrected chi connectivity index (χ3v) is 5.75. The zero-order valence-electron chi connectivity index (χ0n) is 9.02. The standard InChI is InChI=1S/C11H18O3S/c1-7(11(12)13)15(14)6-10-5-8-2-3-9(10)4-8/h7-10H,2-6H2,1H3,(H,12,13). The van der Waals surface area contributed by atoms with E-state index in [1.165, 1.54) is 25.7 Å². The molecule has 0 saturated heterocycles. The lowest BCUT2D eigenvalue weighted by Crippen LogP contribution is -2.28. The molecule has 0 heterocycles. The van der Waals surface area contributed by atoms with Gasteiger partial charge in [-0.1, -0.05) is 6.42 Å². The van der Waals surface area contributed by atoms with Crippen molar-refractivity contribution in [1.29, 1.82) is 0 Å². The van der Waals surface area contributed by atoms with Gasteiger partial charge in [0.2, 0.25) is 0 Å². The van der Waals surface area contributed by atoms with E-state index in [4.69, 9.17) is 5.11 Å². The molecule has 2 aliphatic carbocycles. The van der Waals surface area contributed by atoms with Crippen LogP contribution in [0.4, 0.5) is 0 Å². The van der Waals surface area contributed by atoms with Crippen LogP contribution < -0.4 is 0 Å². The lowest BCUT2D eigenvalue weighted by atomic mass is 9.90. The average molecular weight is 230 g/mol. The van der Waals surface area contributed by atoms with Crippen molar-refractivity contribution in [1.82, 2.24) is 0 Å². The third kappa shape index (κ3) is 2.25. The van der Waals surface area contributed by atoms with Gasteiger partial charge in [0.1, 0.15) is 5.25 Å². The molecule has 2 rings (SSSR count). The maximum atomic E-state index is 11.7. The molecule has 0 aromatic rings. The Morgan fingerprint density at radius 1 is 1.47 bits per heavy atom. The van der Waals surface area contributed by atoms with Crippen molar-refractivity contribution in [3.05, 3.63) is 0 Å². The number of carboxylic acids is 1. The fraction of sp³-hybridized carbons (Fsp3) is 0.909. The molecule has 1 N–H and O–H groups in total. The van der Waals surface area contributed by atoms with Gasteiger partial charge in [0.25, 0.3) is 0 Å². The first kappa shape index (κ1) is 11.1. The summed E-state index contributed by atoms with van der Waals surface area (Å²) in [4.78, 5) is 10.7. The fourth-order valence-electron chi connectivity index (χ4n) is 3.05. The molecule has 2 fully saturated rings. The molecule has 2 saturated carbocycles. The Kier molecular flexibility index (Phi) is 3.14. The van der Waals surface area contributed by atoms with E-state index < -0.39 is 22.0 Å². The normalized spacial score (nSPS) is 37.8. The number of carbonyl (C=O) groups is 1. The van der Waals surface area contributed by atoms with Crippen LogP contribution in [-0.4, -0.2) is 26.3 Å². The second-order valence-electron chi connectivity index (χ2n) is 4.96. The molecule has 5 unspecified atom stereocenters. The molecule has 5 atom stereocenters. The van der Waals surface area contributed by atoms with Crippen LogP contribution in [0.5, 0.6) is 0 Å². The summed E-state index contributed by atoms with van der Waals surface area (Å²) in [7, 11) is -1.19. The fourth-order valence-corrected chi connectivity index (χ4v) is 4.39. The Morgan fingerprint density at radius 2 is 2.20 bits per heavy atom. The maximum Gasteiger partial charge on any atom is 0.318 e. The van der Waals surface area contributed by atoms with Gasteiger partial charge in [0.05, 0.1) is 0 Å². The minimum atomic E-state index is -1.19. The quantitative estimate of drug-likeness (QED) is 0.799. The minimum Gasteiger partial charge on any atom is -0.480 e. The Balaban J connectivity index is 1.87. The van der Waals surface area contributed by atoms with E-state index >= 15 is 0 Å². The average Bonchev–Trinajstić information content (AvgIpc) is 2.77. The largest absolute Gasteiger partial charge is 0.480 e. The molecule has 0 aliphatic heterocycles. The summed E-state index contributed by atoms with van der Waals surface area (Å²) in [6.45, 7) is 1.55. The molecule has 0 radical (unpaired) electrons. The minimum absolute atomic E-state index is 0.534. The molecule has 15 heavy (non-hydrogen) atoms. The third-order valence-electron chi connectivity index (χ3n) is 4.00. The molecular weight excluding hydrogens is 212 g/mol. The number of aliphatic carboxylic acids is 1. The van der Waals surface area contributed by atoms with Gasteiger partial charge >= 0.3 is 5.97 Å². The lowest BCUT2D eigenvalue weighted by Gasteiger charge is -2.21. The van der Waals surface area contributed by atoms with E-state index in [2.05, 4.69) is 0 Å². The van der Waals surface area contributed by atoms with Crippen molar-refractivity contribution >= 4 is 16.8 Å². The zero-order valence-corrected chi connectivity index (χ0v) is 9.83. The number of hydrogen-bond donors (Lipinski definition) is 1. The van der Waals surface area contributed by atoms with E-state index in [1.54, 1.807) is 6.92 Å². The summed E-state index contributed by atoms with van der Waals surface area (Å²) < 4.78 is 11.7. The Labute approximate surface area is 92.7 Å². The molecule has 0 amide bonds. The highest BCUT2D eigenvalue weighted by molar-refractivity contribution is 7.86. The summed E-state index contributed by atoms with van der Waals surface area (Å²) in [5.41, 5.74) is 0. The van der Waals surface area contributed by atoms with Gasteiger partial charge in [0, 0.05) is 16.6 Å². The van der Waals surface area contributed by atoms with Crippen LogP contribution in [0.2, 0.25) is 0 Å². The van der Waals surface area contributed by atoms with Crippen LogP contribution in [0.3, 0.4) is 0 Å². The summed E-state index contributed by atoms with van der Waals surface area (Å²) in [5.74, 6) is 1.79. The molecule has 2 aliphatic rings. The van der Waals surface area contributed by atoms with E-state index in [9.17, 15) is 9.00 Å². The van der Waals surface area contributed by atoms with Gasteiger partial charge in [-0.15, -0.1) is 0 Å². The van der Waals surface area contributed by atoms with Gasteiger partial charge in [-0.25, -0.2) is 0 Å². The molecule has 86 valence electrons. The number of carboxylic acid groups (broad SMARTS) is 1. The smallest absolute Gasteiger partial charge is 0.318 e. The van der Waals surface area contributed by atoms with Gasteiger partial charge in [-0.3, -0.25) is 9.00 Å². The molecular formula is C11H18O3S. The molecule has 0 aromatic carbocycles. The molecule has 4 heteroatoms. The predicted molar refractivity (Wildman–Crippen MR) is 59.0 cm³/mol. The van der Waals surface area contributed by atoms with Gasteiger partial charge in [-0.05, 0) is 43.9 Å². The number of rotatable bonds is 4. The second-order valence-corrected chi connectivity index (χ2v) is 6.76. The first-order chi connectivity index (χ1) is 7.08. The number of fused-ring (bicyclic) bond motifs is 2. The highest BCUT2D eigenvalue weighted by Crippen LogP contribution is 2.48. The highest BCUT2D eigenvalue weighted by Gasteiger charge is 2.40. The first-order valence-corrected chi connectivity index (χ1v) is 7.06. The molecule has 0 spiro atoms. The first-order valence-electron chi connectivity index (χ1n) is 5.68. The zero-order chi connectivity index (χ0) is 11.0. The Morgan fingerprint density at radius 3 is 2.67 bits per heavy atom. The van der Waals surface area contributed by atoms with E-state index in [0.29, 0.717) is 11.7 Å². The van der Waals surface area contributed by atoms with Crippen molar-refractivity contribution in [2.24, 2.45) is 17.8 Å². The van der Waals surface area contributed by atoms with E-state index in [-0.39, 0.29) is 0 Å². The van der Waals surface area contributed by atoms with Gasteiger partial charge in [0.15, 0.2) is 0 Å². The van der Waals surface area contributed by atoms with Crippen LogP contribution in [0.15, 0.2) is 0 Å². The van der Waals surface area contributed by atoms with Crippen LogP contribution in [-0.2, 0) is 15.6 Å². The molecule has 0 aromatic heterocycles. The maximum absolute atomic E-state index is 11.7. The van der Waals surface area contributed by atoms with Crippen molar-refractivity contribution < 1.29 is 14.1 Å². The van der Waals surface area contributed by atoms with Crippen molar-refractivity contribution in [2.45, 2.75) is 37.9 Å². The van der Waals surface area contributed by atoms with E-state index in [1.807, 2.05) is 0 Å². The summed E-state index contributed by atoms with van der Waals surface area (Å²) >= 11 is 0. The number of hydrogen-bond acceptors (Lipinski definition) is 2. The van der Waals surface area contributed by atoms with Crippen LogP contribution >= 0.6 is 0 Å². The summed E-state index contributed by atoms with van der Waals surface area (Å²) in [6.07, 6.45) is 5.09. The monoisotopic (exact) mass is 230 g/mol. The second kappa shape index (κ2) is 4.24. The Bertz CT molecular complexity index is 290. The molecule has 3 nitrogen and oxygen atoms in total. The Hall–Kier alpha value is -0.380. The van der Waals surface area contributed by atoms with Crippen molar-refractivity contribution in [2.75, 3.05) is 5.75 Å². The highest BCUT2D eigenvalue weighted by atomic mass is 32.2. The van der Waals surface area contributed by atoms with Crippen molar-refractivity contribution in [3.63, 3.8) is 0 Å². The van der Waals surface area contributed by atoms with Crippen LogP contribution in [0.25, 0.3) is 0 Å². The van der Waals surface area contributed by atoms with E-state index in [0.717, 1.165) is 11.8 Å². The molecule has 2 bridgehead atoms. The SMILES string of the molecule is CC(C(=O)O)S(=O)CC1CC2CCC1C2. The van der Waals surface area contributed by atoms with Crippen molar-refractivity contribution in [3.8, 4) is 0 Å². The predicted octanol–water partition coefficient (Wildman–Crippen LogP) is 1.64. The topological polar surface area (TPSA) is 54.4 Å². The van der Waals surface area contributed by atoms with Gasteiger partial charge < -0.3 is 5.11 Å². The summed E-state index contributed by atoms with van der Waals surface area (Å²) in [5, 5.41) is 8.06. The lowest BCUT2D eigenvalue weighted by molar-refractivity contribution is -0.136.